The van der Waals surface area contributed by atoms with Gasteiger partial charge in [0.2, 0.25) is 11.8 Å². The molecule has 0 aliphatic heterocycles. The first-order valence-electron chi connectivity index (χ1n) is 7.30. The number of nitrogens with one attached hydrogen (secondary N) is 2. The van der Waals surface area contributed by atoms with Crippen LogP contribution in [0.4, 0.5) is 5.69 Å². The van der Waals surface area contributed by atoms with Crippen molar-refractivity contribution in [1.82, 2.24) is 10.6 Å². The van der Waals surface area contributed by atoms with Crippen molar-refractivity contribution in [2.45, 2.75) is 33.1 Å². The average Bonchev–Trinajstić information content (AvgIpc) is 2.43. The maximum Gasteiger partial charge on any atom is 0.222 e. The van der Waals surface area contributed by atoms with Gasteiger partial charge in [-0.15, -0.1) is 0 Å². The van der Waals surface area contributed by atoms with Gasteiger partial charge in [0.05, 0.1) is 0 Å². The summed E-state index contributed by atoms with van der Waals surface area (Å²) < 4.78 is 0. The van der Waals surface area contributed by atoms with Crippen LogP contribution < -0.4 is 16.4 Å². The molecule has 0 heterocycles. The molecule has 1 unspecified atom stereocenters. The molecular weight excluding hydrogens is 266 g/mol. The summed E-state index contributed by atoms with van der Waals surface area (Å²) >= 11 is 0. The fraction of sp³-hybridized carbons (Fsp3) is 0.500. The average molecular weight is 291 g/mol. The molecule has 2 amide bonds. The van der Waals surface area contributed by atoms with E-state index in [0.717, 1.165) is 11.3 Å². The summed E-state index contributed by atoms with van der Waals surface area (Å²) in [5.74, 6) is 0.0831. The third kappa shape index (κ3) is 6.29. The highest BCUT2D eigenvalue weighted by Crippen LogP contribution is 2.19. The first-order valence-corrected chi connectivity index (χ1v) is 7.30. The molecule has 0 saturated carbocycles. The topological polar surface area (TPSA) is 84.2 Å². The van der Waals surface area contributed by atoms with Crippen molar-refractivity contribution in [2.24, 2.45) is 5.92 Å². The summed E-state index contributed by atoms with van der Waals surface area (Å²) in [6.45, 7) is 6.58. The van der Waals surface area contributed by atoms with Gasteiger partial charge in [-0.25, -0.2) is 0 Å². The number of carbonyl (C=O) groups excluding carboxylic acids is 2. The van der Waals surface area contributed by atoms with Gasteiger partial charge in [0.25, 0.3) is 0 Å². The Labute approximate surface area is 126 Å². The van der Waals surface area contributed by atoms with Gasteiger partial charge in [0.1, 0.15) is 0 Å². The fourth-order valence-electron chi connectivity index (χ4n) is 1.88. The molecule has 0 aliphatic carbocycles. The predicted octanol–water partition coefficient (Wildman–Crippen LogP) is 1.65. The Balaban J connectivity index is 2.27. The van der Waals surface area contributed by atoms with Crippen molar-refractivity contribution in [1.29, 1.82) is 0 Å². The summed E-state index contributed by atoms with van der Waals surface area (Å²) in [5, 5.41) is 5.57. The van der Waals surface area contributed by atoms with Gasteiger partial charge in [0, 0.05) is 31.1 Å². The molecule has 5 heteroatoms. The molecule has 0 saturated heterocycles. The molecule has 1 rings (SSSR count). The van der Waals surface area contributed by atoms with E-state index in [1.54, 1.807) is 0 Å². The number of carbonyl (C=O) groups is 2. The van der Waals surface area contributed by atoms with E-state index in [1.165, 1.54) is 0 Å². The molecule has 116 valence electrons. The lowest BCUT2D eigenvalue weighted by atomic mass is 9.97. The molecule has 0 aliphatic rings. The van der Waals surface area contributed by atoms with E-state index < -0.39 is 0 Å². The smallest absolute Gasteiger partial charge is 0.222 e. The second kappa shape index (κ2) is 8.29. The van der Waals surface area contributed by atoms with Crippen LogP contribution in [0, 0.1) is 5.92 Å². The summed E-state index contributed by atoms with van der Waals surface area (Å²) in [5.41, 5.74) is 7.45. The van der Waals surface area contributed by atoms with E-state index in [4.69, 9.17) is 5.73 Å². The number of rotatable bonds is 7. The van der Waals surface area contributed by atoms with Gasteiger partial charge >= 0.3 is 0 Å². The third-order valence-electron chi connectivity index (χ3n) is 3.27. The van der Waals surface area contributed by atoms with Gasteiger partial charge in [0.15, 0.2) is 0 Å². The zero-order valence-electron chi connectivity index (χ0n) is 13.0. The van der Waals surface area contributed by atoms with Crippen LogP contribution in [0.2, 0.25) is 0 Å². The highest BCUT2D eigenvalue weighted by Gasteiger charge is 2.11. The Bertz CT molecular complexity index is 469. The number of nitrogens with two attached hydrogens (primary N) is 1. The largest absolute Gasteiger partial charge is 0.399 e. The standard InChI is InChI=1S/C16H25N3O2/c1-11(2)16(21)19-9-8-18-15(20)10-12(3)13-4-6-14(17)7-5-13/h4-7,11-12H,8-10,17H2,1-3H3,(H,18,20)(H,19,21). The number of hydrogen-bond donors (Lipinski definition) is 3. The summed E-state index contributed by atoms with van der Waals surface area (Å²) in [4.78, 5) is 23.2. The van der Waals surface area contributed by atoms with Crippen LogP contribution in [0.25, 0.3) is 0 Å². The van der Waals surface area contributed by atoms with Crippen molar-refractivity contribution >= 4 is 17.5 Å². The van der Waals surface area contributed by atoms with Gasteiger partial charge < -0.3 is 16.4 Å². The maximum atomic E-state index is 11.8. The SMILES string of the molecule is CC(C)C(=O)NCCNC(=O)CC(C)c1ccc(N)cc1. The quantitative estimate of drug-likeness (QED) is 0.527. The molecule has 0 radical (unpaired) electrons. The Morgan fingerprint density at radius 3 is 2.19 bits per heavy atom. The van der Waals surface area contributed by atoms with E-state index in [0.29, 0.717) is 19.5 Å². The van der Waals surface area contributed by atoms with E-state index >= 15 is 0 Å². The monoisotopic (exact) mass is 291 g/mol. The molecule has 4 N–H and O–H groups in total. The Morgan fingerprint density at radius 2 is 1.62 bits per heavy atom. The highest BCUT2D eigenvalue weighted by atomic mass is 16.2. The molecule has 1 aromatic rings. The Kier molecular flexibility index (Phi) is 6.72. The molecule has 1 atom stereocenters. The van der Waals surface area contributed by atoms with E-state index in [-0.39, 0.29) is 23.7 Å². The lowest BCUT2D eigenvalue weighted by molar-refractivity contribution is -0.124. The van der Waals surface area contributed by atoms with Crippen LogP contribution in [-0.2, 0) is 9.59 Å². The Morgan fingerprint density at radius 1 is 1.05 bits per heavy atom. The lowest BCUT2D eigenvalue weighted by Gasteiger charge is -2.13. The number of nitrogen functional groups attached to an aromatic ring is 1. The normalized spacial score (nSPS) is 12.0. The fourth-order valence-corrected chi connectivity index (χ4v) is 1.88. The molecule has 0 bridgehead atoms. The Hall–Kier alpha value is -2.04. The van der Waals surface area contributed by atoms with E-state index in [9.17, 15) is 9.59 Å². The summed E-state index contributed by atoms with van der Waals surface area (Å²) in [7, 11) is 0. The van der Waals surface area contributed by atoms with Crippen LogP contribution in [0.15, 0.2) is 24.3 Å². The van der Waals surface area contributed by atoms with Crippen LogP contribution in [0.3, 0.4) is 0 Å². The van der Waals surface area contributed by atoms with Crippen molar-refractivity contribution in [2.75, 3.05) is 18.8 Å². The summed E-state index contributed by atoms with van der Waals surface area (Å²) in [6, 6.07) is 7.56. The second-order valence-electron chi connectivity index (χ2n) is 5.57. The second-order valence-corrected chi connectivity index (χ2v) is 5.57. The maximum absolute atomic E-state index is 11.8. The minimum absolute atomic E-state index is 0.000471. The van der Waals surface area contributed by atoms with Crippen molar-refractivity contribution in [3.05, 3.63) is 29.8 Å². The predicted molar refractivity (Wildman–Crippen MR) is 84.7 cm³/mol. The van der Waals surface area contributed by atoms with Crippen molar-refractivity contribution in [3.63, 3.8) is 0 Å². The van der Waals surface area contributed by atoms with Crippen LogP contribution in [0.5, 0.6) is 0 Å². The minimum Gasteiger partial charge on any atom is -0.399 e. The van der Waals surface area contributed by atoms with Crippen LogP contribution in [0.1, 0.15) is 38.7 Å². The van der Waals surface area contributed by atoms with Crippen molar-refractivity contribution < 1.29 is 9.59 Å². The molecule has 5 nitrogen and oxygen atoms in total. The van der Waals surface area contributed by atoms with Gasteiger partial charge in [-0.3, -0.25) is 9.59 Å². The molecule has 1 aromatic carbocycles. The highest BCUT2D eigenvalue weighted by molar-refractivity contribution is 5.78. The number of hydrogen-bond acceptors (Lipinski definition) is 3. The van der Waals surface area contributed by atoms with Crippen LogP contribution >= 0.6 is 0 Å². The molecule has 0 fully saturated rings. The molecule has 0 spiro atoms. The van der Waals surface area contributed by atoms with E-state index in [2.05, 4.69) is 10.6 Å². The van der Waals surface area contributed by atoms with Gasteiger partial charge in [-0.1, -0.05) is 32.9 Å². The molecule has 21 heavy (non-hydrogen) atoms. The first-order chi connectivity index (χ1) is 9.90. The van der Waals surface area contributed by atoms with Crippen LogP contribution in [-0.4, -0.2) is 24.9 Å². The zero-order chi connectivity index (χ0) is 15.8. The van der Waals surface area contributed by atoms with Crippen molar-refractivity contribution in [3.8, 4) is 0 Å². The van der Waals surface area contributed by atoms with E-state index in [1.807, 2.05) is 45.0 Å². The lowest BCUT2D eigenvalue weighted by Crippen LogP contribution is -2.36. The minimum atomic E-state index is -0.0359. The third-order valence-corrected chi connectivity index (χ3v) is 3.27. The number of benzene rings is 1. The van der Waals surface area contributed by atoms with Gasteiger partial charge in [-0.2, -0.15) is 0 Å². The molecular formula is C16H25N3O2. The molecule has 0 aromatic heterocycles. The zero-order valence-corrected chi connectivity index (χ0v) is 13.0. The summed E-state index contributed by atoms with van der Waals surface area (Å²) in [6.07, 6.45) is 0.419. The number of anilines is 1. The first kappa shape index (κ1) is 17.0. The van der Waals surface area contributed by atoms with Gasteiger partial charge in [-0.05, 0) is 23.6 Å². The number of amides is 2.